The fourth-order valence-corrected chi connectivity index (χ4v) is 2.29. The highest BCUT2D eigenvalue weighted by Gasteiger charge is 2.24. The molecule has 1 aliphatic carbocycles. The first-order valence-electron chi connectivity index (χ1n) is 6.07. The summed E-state index contributed by atoms with van der Waals surface area (Å²) in [4.78, 5) is 0.216. The van der Waals surface area contributed by atoms with Gasteiger partial charge in [0.25, 0.3) is 0 Å². The van der Waals surface area contributed by atoms with Crippen molar-refractivity contribution in [1.82, 2.24) is 5.32 Å². The Morgan fingerprint density at radius 1 is 1.53 bits per heavy atom. The van der Waals surface area contributed by atoms with E-state index in [2.05, 4.69) is 11.4 Å². The minimum atomic E-state index is -3.24. The Labute approximate surface area is 113 Å². The molecule has 2 rings (SSSR count). The van der Waals surface area contributed by atoms with Gasteiger partial charge in [-0.25, -0.2) is 8.42 Å². The van der Waals surface area contributed by atoms with E-state index >= 15 is 0 Å². The second-order valence-corrected chi connectivity index (χ2v) is 6.70. The number of nitrogens with zero attached hydrogens (tertiary/aromatic N) is 1. The molecule has 0 aromatic heterocycles. The molecule has 1 saturated carbocycles. The van der Waals surface area contributed by atoms with Crippen LogP contribution in [0.25, 0.3) is 0 Å². The number of rotatable bonds is 6. The minimum Gasteiger partial charge on any atom is -0.491 e. The molecule has 1 atom stereocenters. The van der Waals surface area contributed by atoms with Crippen molar-refractivity contribution in [3.05, 3.63) is 24.3 Å². The smallest absolute Gasteiger partial charge is 0.175 e. The van der Waals surface area contributed by atoms with Crippen LogP contribution < -0.4 is 10.1 Å². The van der Waals surface area contributed by atoms with Gasteiger partial charge in [0.05, 0.1) is 11.0 Å². The molecule has 102 valence electrons. The molecule has 1 aliphatic rings. The van der Waals surface area contributed by atoms with E-state index in [-0.39, 0.29) is 17.5 Å². The van der Waals surface area contributed by atoms with Crippen molar-refractivity contribution in [2.24, 2.45) is 0 Å². The van der Waals surface area contributed by atoms with E-state index in [0.29, 0.717) is 11.8 Å². The van der Waals surface area contributed by atoms with Crippen LogP contribution in [0.1, 0.15) is 12.8 Å². The summed E-state index contributed by atoms with van der Waals surface area (Å²) >= 11 is 0. The summed E-state index contributed by atoms with van der Waals surface area (Å²) in [7, 11) is -3.24. The monoisotopic (exact) mass is 280 g/mol. The Kier molecular flexibility index (Phi) is 4.08. The van der Waals surface area contributed by atoms with Gasteiger partial charge in [0.2, 0.25) is 0 Å². The first kappa shape index (κ1) is 13.8. The van der Waals surface area contributed by atoms with Crippen LogP contribution >= 0.6 is 0 Å². The molecule has 0 heterocycles. The lowest BCUT2D eigenvalue weighted by Crippen LogP contribution is -2.34. The Hall–Kier alpha value is -1.58. The summed E-state index contributed by atoms with van der Waals surface area (Å²) in [5, 5.41) is 12.1. The molecule has 6 heteroatoms. The SMILES string of the molecule is CS(=O)(=O)c1cccc(OCC(C#N)NC2CC2)c1. The topological polar surface area (TPSA) is 79.2 Å². The summed E-state index contributed by atoms with van der Waals surface area (Å²) in [5.74, 6) is 0.459. The van der Waals surface area contributed by atoms with Gasteiger partial charge in [-0.2, -0.15) is 5.26 Å². The van der Waals surface area contributed by atoms with Crippen LogP contribution in [0.4, 0.5) is 0 Å². The Morgan fingerprint density at radius 2 is 2.26 bits per heavy atom. The first-order valence-corrected chi connectivity index (χ1v) is 7.97. The number of nitrogens with one attached hydrogen (secondary N) is 1. The highest BCUT2D eigenvalue weighted by molar-refractivity contribution is 7.90. The molecule has 5 nitrogen and oxygen atoms in total. The second-order valence-electron chi connectivity index (χ2n) is 4.68. The third kappa shape index (κ3) is 4.23. The zero-order valence-electron chi connectivity index (χ0n) is 10.7. The molecule has 1 fully saturated rings. The summed E-state index contributed by atoms with van der Waals surface area (Å²) in [6, 6.07) is 8.49. The van der Waals surface area contributed by atoms with E-state index in [1.807, 2.05) is 0 Å². The predicted octanol–water partition coefficient (Wildman–Crippen LogP) is 1.11. The minimum absolute atomic E-state index is 0.209. The average molecular weight is 280 g/mol. The molecule has 0 bridgehead atoms. The van der Waals surface area contributed by atoms with E-state index in [1.54, 1.807) is 12.1 Å². The molecular weight excluding hydrogens is 264 g/mol. The largest absolute Gasteiger partial charge is 0.491 e. The maximum atomic E-state index is 11.4. The maximum Gasteiger partial charge on any atom is 0.175 e. The van der Waals surface area contributed by atoms with Crippen molar-refractivity contribution in [2.45, 2.75) is 29.8 Å². The highest BCUT2D eigenvalue weighted by atomic mass is 32.2. The fraction of sp³-hybridized carbons (Fsp3) is 0.462. The number of hydrogen-bond acceptors (Lipinski definition) is 5. The maximum absolute atomic E-state index is 11.4. The number of ether oxygens (including phenoxy) is 1. The number of sulfone groups is 1. The molecule has 0 radical (unpaired) electrons. The normalized spacial score (nSPS) is 16.6. The fourth-order valence-electron chi connectivity index (χ4n) is 1.63. The predicted molar refractivity (Wildman–Crippen MR) is 70.6 cm³/mol. The van der Waals surface area contributed by atoms with Gasteiger partial charge in [0, 0.05) is 12.3 Å². The molecule has 1 aromatic carbocycles. The summed E-state index contributed by atoms with van der Waals surface area (Å²) < 4.78 is 28.3. The van der Waals surface area contributed by atoms with Crippen LogP contribution in [0.15, 0.2) is 29.2 Å². The van der Waals surface area contributed by atoms with E-state index in [1.165, 1.54) is 12.1 Å². The lowest BCUT2D eigenvalue weighted by Gasteiger charge is -2.12. The number of hydrogen-bond donors (Lipinski definition) is 1. The average Bonchev–Trinajstić information content (AvgIpc) is 3.17. The molecule has 0 saturated heterocycles. The van der Waals surface area contributed by atoms with E-state index in [0.717, 1.165) is 19.1 Å². The Balaban J connectivity index is 1.97. The molecule has 0 aliphatic heterocycles. The molecule has 1 unspecified atom stereocenters. The second kappa shape index (κ2) is 5.59. The molecule has 0 spiro atoms. The van der Waals surface area contributed by atoms with Gasteiger partial charge in [-0.3, -0.25) is 5.32 Å². The van der Waals surface area contributed by atoms with Gasteiger partial charge >= 0.3 is 0 Å². The van der Waals surface area contributed by atoms with Crippen LogP contribution in [0.5, 0.6) is 5.75 Å². The van der Waals surface area contributed by atoms with Gasteiger partial charge in [0.1, 0.15) is 18.4 Å². The molecule has 1 aromatic rings. The lowest BCUT2D eigenvalue weighted by atomic mass is 10.3. The van der Waals surface area contributed by atoms with Crippen molar-refractivity contribution >= 4 is 9.84 Å². The van der Waals surface area contributed by atoms with Gasteiger partial charge in [-0.15, -0.1) is 0 Å². The third-order valence-corrected chi connectivity index (χ3v) is 3.93. The van der Waals surface area contributed by atoms with Gasteiger partial charge in [-0.1, -0.05) is 6.07 Å². The van der Waals surface area contributed by atoms with E-state index in [4.69, 9.17) is 10.00 Å². The zero-order valence-corrected chi connectivity index (χ0v) is 11.5. The van der Waals surface area contributed by atoms with Gasteiger partial charge in [0.15, 0.2) is 9.84 Å². The van der Waals surface area contributed by atoms with Crippen LogP contribution in [0.3, 0.4) is 0 Å². The molecule has 1 N–H and O–H groups in total. The number of nitriles is 1. The van der Waals surface area contributed by atoms with Crippen molar-refractivity contribution in [3.8, 4) is 11.8 Å². The number of benzene rings is 1. The van der Waals surface area contributed by atoms with E-state index < -0.39 is 9.84 Å². The Bertz CT molecular complexity index is 588. The van der Waals surface area contributed by atoms with Gasteiger partial charge < -0.3 is 4.74 Å². The standard InChI is InChI=1S/C13H16N2O3S/c1-19(16,17)13-4-2-3-12(7-13)18-9-11(8-14)15-10-5-6-10/h2-4,7,10-11,15H,5-6,9H2,1H3. The van der Waals surface area contributed by atoms with Crippen LogP contribution in [-0.4, -0.2) is 33.4 Å². The molecular formula is C13H16N2O3S. The molecule has 19 heavy (non-hydrogen) atoms. The first-order chi connectivity index (χ1) is 8.99. The summed E-state index contributed by atoms with van der Waals surface area (Å²) in [6.07, 6.45) is 3.35. The zero-order chi connectivity index (χ0) is 13.9. The van der Waals surface area contributed by atoms with Crippen molar-refractivity contribution in [3.63, 3.8) is 0 Å². The Morgan fingerprint density at radius 3 is 2.84 bits per heavy atom. The highest BCUT2D eigenvalue weighted by Crippen LogP contribution is 2.20. The van der Waals surface area contributed by atoms with Crippen LogP contribution in [0, 0.1) is 11.3 Å². The summed E-state index contributed by atoms with van der Waals surface area (Å²) in [6.45, 7) is 0.209. The van der Waals surface area contributed by atoms with Crippen molar-refractivity contribution in [1.29, 1.82) is 5.26 Å². The third-order valence-electron chi connectivity index (χ3n) is 2.82. The van der Waals surface area contributed by atoms with Crippen molar-refractivity contribution in [2.75, 3.05) is 12.9 Å². The van der Waals surface area contributed by atoms with Crippen molar-refractivity contribution < 1.29 is 13.2 Å². The van der Waals surface area contributed by atoms with Crippen LogP contribution in [-0.2, 0) is 9.84 Å². The quantitative estimate of drug-likeness (QED) is 0.844. The van der Waals surface area contributed by atoms with Gasteiger partial charge in [-0.05, 0) is 31.0 Å². The van der Waals surface area contributed by atoms with E-state index in [9.17, 15) is 8.42 Å². The van der Waals surface area contributed by atoms with Crippen LogP contribution in [0.2, 0.25) is 0 Å². The lowest BCUT2D eigenvalue weighted by molar-refractivity contribution is 0.287. The molecule has 0 amide bonds. The summed E-state index contributed by atoms with van der Waals surface area (Å²) in [5.41, 5.74) is 0.